The van der Waals surface area contributed by atoms with Crippen molar-refractivity contribution in [2.75, 3.05) is 0 Å². The predicted molar refractivity (Wildman–Crippen MR) is 52.5 cm³/mol. The summed E-state index contributed by atoms with van der Waals surface area (Å²) in [5.74, 6) is 6.22. The highest BCUT2D eigenvalue weighted by Gasteiger charge is 2.22. The summed E-state index contributed by atoms with van der Waals surface area (Å²) in [6.07, 6.45) is 6.72. The molecule has 0 bridgehead atoms. The van der Waals surface area contributed by atoms with Crippen molar-refractivity contribution in [2.45, 2.75) is 45.1 Å². The van der Waals surface area contributed by atoms with Crippen molar-refractivity contribution in [2.24, 2.45) is 11.8 Å². The summed E-state index contributed by atoms with van der Waals surface area (Å²) >= 11 is 0. The van der Waals surface area contributed by atoms with Gasteiger partial charge >= 0.3 is 0 Å². The van der Waals surface area contributed by atoms with Crippen LogP contribution < -0.4 is 11.3 Å². The van der Waals surface area contributed by atoms with Gasteiger partial charge in [-0.2, -0.15) is 0 Å². The van der Waals surface area contributed by atoms with Crippen molar-refractivity contribution in [3.63, 3.8) is 0 Å². The lowest BCUT2D eigenvalue weighted by Crippen LogP contribution is -2.42. The van der Waals surface area contributed by atoms with Crippen LogP contribution in [0.1, 0.15) is 39.0 Å². The molecule has 2 heteroatoms. The largest absolute Gasteiger partial charge is 0.271 e. The standard InChI is InChI=1S/C10H20N2/c1-8(2)10(12-11)9-6-4-3-5-7-9/h9-10,12H,1,3-7,11H2,2H3. The van der Waals surface area contributed by atoms with E-state index in [0.29, 0.717) is 6.04 Å². The first-order valence-electron chi connectivity index (χ1n) is 4.87. The van der Waals surface area contributed by atoms with Gasteiger partial charge in [0.1, 0.15) is 0 Å². The molecule has 0 heterocycles. The van der Waals surface area contributed by atoms with E-state index in [2.05, 4.69) is 18.9 Å². The van der Waals surface area contributed by atoms with E-state index in [-0.39, 0.29) is 0 Å². The number of rotatable bonds is 3. The van der Waals surface area contributed by atoms with E-state index < -0.39 is 0 Å². The molecule has 1 aliphatic carbocycles. The van der Waals surface area contributed by atoms with Gasteiger partial charge in [0.25, 0.3) is 0 Å². The van der Waals surface area contributed by atoms with Gasteiger partial charge in [-0.1, -0.05) is 31.4 Å². The minimum Gasteiger partial charge on any atom is -0.271 e. The van der Waals surface area contributed by atoms with Crippen molar-refractivity contribution in [3.8, 4) is 0 Å². The average molecular weight is 168 g/mol. The van der Waals surface area contributed by atoms with Crippen LogP contribution in [0.2, 0.25) is 0 Å². The Morgan fingerprint density at radius 1 is 1.42 bits per heavy atom. The third-order valence-corrected chi connectivity index (χ3v) is 2.83. The average Bonchev–Trinajstić information content (AvgIpc) is 2.07. The Labute approximate surface area is 75.2 Å². The summed E-state index contributed by atoms with van der Waals surface area (Å²) < 4.78 is 0. The van der Waals surface area contributed by atoms with Crippen LogP contribution in [-0.4, -0.2) is 6.04 Å². The van der Waals surface area contributed by atoms with Gasteiger partial charge in [-0.25, -0.2) is 0 Å². The SMILES string of the molecule is C=C(C)C(NN)C1CCCCC1. The van der Waals surface area contributed by atoms with E-state index in [1.54, 1.807) is 0 Å². The van der Waals surface area contributed by atoms with Crippen molar-refractivity contribution >= 4 is 0 Å². The lowest BCUT2D eigenvalue weighted by Gasteiger charge is -2.29. The Kier molecular flexibility index (Phi) is 3.76. The molecule has 0 saturated heterocycles. The topological polar surface area (TPSA) is 38.0 Å². The Bertz CT molecular complexity index is 148. The zero-order chi connectivity index (χ0) is 8.97. The Morgan fingerprint density at radius 2 is 2.00 bits per heavy atom. The zero-order valence-electron chi connectivity index (χ0n) is 7.97. The first kappa shape index (κ1) is 9.75. The first-order chi connectivity index (χ1) is 5.75. The molecule has 0 aromatic rings. The lowest BCUT2D eigenvalue weighted by atomic mass is 9.82. The second kappa shape index (κ2) is 4.63. The number of hydrazine groups is 1. The van der Waals surface area contributed by atoms with Crippen LogP contribution in [0.25, 0.3) is 0 Å². The van der Waals surface area contributed by atoms with Crippen LogP contribution in [0.15, 0.2) is 12.2 Å². The second-order valence-electron chi connectivity index (χ2n) is 3.89. The maximum Gasteiger partial charge on any atom is 0.0442 e. The fraction of sp³-hybridized carbons (Fsp3) is 0.800. The minimum absolute atomic E-state index is 0.338. The number of hydrogen-bond acceptors (Lipinski definition) is 2. The molecular formula is C10H20N2. The molecule has 0 aromatic heterocycles. The van der Waals surface area contributed by atoms with Gasteiger partial charge in [0.05, 0.1) is 0 Å². The summed E-state index contributed by atoms with van der Waals surface area (Å²) in [5, 5.41) is 0. The zero-order valence-corrected chi connectivity index (χ0v) is 7.97. The number of nitrogens with one attached hydrogen (secondary N) is 1. The Balaban J connectivity index is 2.46. The molecule has 1 atom stereocenters. The van der Waals surface area contributed by atoms with E-state index in [1.165, 1.54) is 37.7 Å². The monoisotopic (exact) mass is 168 g/mol. The van der Waals surface area contributed by atoms with Crippen LogP contribution in [0.3, 0.4) is 0 Å². The van der Waals surface area contributed by atoms with Crippen LogP contribution in [0, 0.1) is 5.92 Å². The normalized spacial score (nSPS) is 22.2. The third-order valence-electron chi connectivity index (χ3n) is 2.83. The van der Waals surface area contributed by atoms with E-state index in [1.807, 2.05) is 0 Å². The molecule has 12 heavy (non-hydrogen) atoms. The highest BCUT2D eigenvalue weighted by Crippen LogP contribution is 2.28. The minimum atomic E-state index is 0.338. The summed E-state index contributed by atoms with van der Waals surface area (Å²) in [4.78, 5) is 0. The van der Waals surface area contributed by atoms with Crippen molar-refractivity contribution in [1.82, 2.24) is 5.43 Å². The smallest absolute Gasteiger partial charge is 0.0442 e. The number of hydrogen-bond donors (Lipinski definition) is 2. The van der Waals surface area contributed by atoms with E-state index in [4.69, 9.17) is 5.84 Å². The molecule has 1 fully saturated rings. The summed E-state index contributed by atoms with van der Waals surface area (Å²) in [6, 6.07) is 0.338. The molecule has 3 N–H and O–H groups in total. The third kappa shape index (κ3) is 2.32. The van der Waals surface area contributed by atoms with Crippen LogP contribution in [0.5, 0.6) is 0 Å². The lowest BCUT2D eigenvalue weighted by molar-refractivity contribution is 0.294. The molecule has 0 amide bonds. The van der Waals surface area contributed by atoms with Crippen LogP contribution in [-0.2, 0) is 0 Å². The molecule has 0 aromatic carbocycles. The van der Waals surface area contributed by atoms with Gasteiger partial charge in [-0.05, 0) is 25.7 Å². The van der Waals surface area contributed by atoms with Crippen molar-refractivity contribution in [1.29, 1.82) is 0 Å². The summed E-state index contributed by atoms with van der Waals surface area (Å²) in [6.45, 7) is 6.01. The maximum absolute atomic E-state index is 5.49. The van der Waals surface area contributed by atoms with Crippen molar-refractivity contribution in [3.05, 3.63) is 12.2 Å². The molecule has 1 rings (SSSR count). The fourth-order valence-electron chi connectivity index (χ4n) is 2.15. The van der Waals surface area contributed by atoms with E-state index in [9.17, 15) is 0 Å². The van der Waals surface area contributed by atoms with Gasteiger partial charge < -0.3 is 0 Å². The van der Waals surface area contributed by atoms with Crippen molar-refractivity contribution < 1.29 is 0 Å². The Hall–Kier alpha value is -0.340. The number of nitrogens with two attached hydrogens (primary N) is 1. The molecule has 0 spiro atoms. The molecule has 0 aliphatic heterocycles. The molecule has 0 radical (unpaired) electrons. The van der Waals surface area contributed by atoms with Gasteiger partial charge in [-0.3, -0.25) is 11.3 Å². The molecular weight excluding hydrogens is 148 g/mol. The molecule has 70 valence electrons. The van der Waals surface area contributed by atoms with Crippen LogP contribution >= 0.6 is 0 Å². The predicted octanol–water partition coefficient (Wildman–Crippen LogP) is 1.97. The van der Waals surface area contributed by atoms with Gasteiger partial charge in [0, 0.05) is 6.04 Å². The Morgan fingerprint density at radius 3 is 2.42 bits per heavy atom. The highest BCUT2D eigenvalue weighted by molar-refractivity contribution is 5.04. The second-order valence-corrected chi connectivity index (χ2v) is 3.89. The van der Waals surface area contributed by atoms with Gasteiger partial charge in [0.15, 0.2) is 0 Å². The maximum atomic E-state index is 5.49. The highest BCUT2D eigenvalue weighted by atomic mass is 15.2. The summed E-state index contributed by atoms with van der Waals surface area (Å²) in [7, 11) is 0. The summed E-state index contributed by atoms with van der Waals surface area (Å²) in [5.41, 5.74) is 4.04. The fourth-order valence-corrected chi connectivity index (χ4v) is 2.15. The van der Waals surface area contributed by atoms with Gasteiger partial charge in [-0.15, -0.1) is 0 Å². The van der Waals surface area contributed by atoms with Gasteiger partial charge in [0.2, 0.25) is 0 Å². The molecule has 1 unspecified atom stereocenters. The molecule has 2 nitrogen and oxygen atoms in total. The van der Waals surface area contributed by atoms with E-state index >= 15 is 0 Å². The molecule has 1 aliphatic rings. The van der Waals surface area contributed by atoms with E-state index in [0.717, 1.165) is 5.92 Å². The first-order valence-corrected chi connectivity index (χ1v) is 4.87. The molecule has 1 saturated carbocycles. The quantitative estimate of drug-likeness (QED) is 0.384. The van der Waals surface area contributed by atoms with Crippen LogP contribution in [0.4, 0.5) is 0 Å².